The molecular weight excluding hydrogens is 1100 g/mol. The van der Waals surface area contributed by atoms with Crippen molar-refractivity contribution in [2.45, 2.75) is 475 Å². The van der Waals surface area contributed by atoms with Crippen molar-refractivity contribution in [3.63, 3.8) is 0 Å². The van der Waals surface area contributed by atoms with Gasteiger partial charge in [0.05, 0.1) is 25.4 Å². The fourth-order valence-corrected chi connectivity index (χ4v) is 13.1. The van der Waals surface area contributed by atoms with E-state index < -0.39 is 12.1 Å². The van der Waals surface area contributed by atoms with Crippen LogP contribution in [-0.2, 0) is 14.3 Å². The molecule has 0 saturated heterocycles. The molecule has 2 atom stereocenters. The van der Waals surface area contributed by atoms with Gasteiger partial charge in [-0.1, -0.05) is 410 Å². The largest absolute Gasteiger partial charge is 0.466 e. The Morgan fingerprint density at radius 3 is 0.889 bits per heavy atom. The van der Waals surface area contributed by atoms with Crippen molar-refractivity contribution in [3.8, 4) is 0 Å². The van der Waals surface area contributed by atoms with E-state index >= 15 is 0 Å². The van der Waals surface area contributed by atoms with E-state index in [1.807, 2.05) is 0 Å². The first-order valence-electron chi connectivity index (χ1n) is 41.2. The smallest absolute Gasteiger partial charge is 0.305 e. The number of hydrogen-bond acceptors (Lipinski definition) is 5. The van der Waals surface area contributed by atoms with E-state index in [4.69, 9.17) is 4.74 Å². The van der Waals surface area contributed by atoms with E-state index in [9.17, 15) is 19.8 Å². The van der Waals surface area contributed by atoms with Crippen molar-refractivity contribution in [3.05, 3.63) is 36.5 Å². The van der Waals surface area contributed by atoms with Gasteiger partial charge in [-0.2, -0.15) is 0 Å². The number of allylic oxidation sites excluding steroid dienone is 6. The quantitative estimate of drug-likeness (QED) is 0.0320. The van der Waals surface area contributed by atoms with Gasteiger partial charge in [0.15, 0.2) is 0 Å². The van der Waals surface area contributed by atoms with Crippen LogP contribution in [0.2, 0.25) is 0 Å². The number of hydrogen-bond donors (Lipinski definition) is 3. The van der Waals surface area contributed by atoms with Crippen molar-refractivity contribution >= 4 is 11.9 Å². The molecule has 532 valence electrons. The number of unbranched alkanes of at least 4 members (excludes halogenated alkanes) is 61. The summed E-state index contributed by atoms with van der Waals surface area (Å²) in [7, 11) is 0. The predicted molar refractivity (Wildman–Crippen MR) is 398 cm³/mol. The Bertz CT molecular complexity index is 1460. The molecule has 90 heavy (non-hydrogen) atoms. The highest BCUT2D eigenvalue weighted by atomic mass is 16.5. The summed E-state index contributed by atoms with van der Waals surface area (Å²) in [6.45, 7) is 4.96. The second-order valence-corrected chi connectivity index (χ2v) is 28.5. The Labute approximate surface area is 564 Å². The first kappa shape index (κ1) is 88.1. The highest BCUT2D eigenvalue weighted by Crippen LogP contribution is 2.20. The van der Waals surface area contributed by atoms with Crippen LogP contribution in [0.15, 0.2) is 36.5 Å². The van der Waals surface area contributed by atoms with Gasteiger partial charge in [0, 0.05) is 12.8 Å². The maximum absolute atomic E-state index is 12.6. The first-order valence-corrected chi connectivity index (χ1v) is 41.2. The third kappa shape index (κ3) is 75.1. The molecule has 6 nitrogen and oxygen atoms in total. The van der Waals surface area contributed by atoms with Crippen molar-refractivity contribution in [2.24, 2.45) is 0 Å². The van der Waals surface area contributed by atoms with E-state index in [2.05, 4.69) is 55.6 Å². The van der Waals surface area contributed by atoms with Crippen LogP contribution in [0.4, 0.5) is 0 Å². The molecule has 0 aliphatic heterocycles. The van der Waals surface area contributed by atoms with E-state index in [1.54, 1.807) is 0 Å². The molecule has 3 N–H and O–H groups in total. The third-order valence-corrected chi connectivity index (χ3v) is 19.4. The van der Waals surface area contributed by atoms with E-state index in [0.29, 0.717) is 25.9 Å². The summed E-state index contributed by atoms with van der Waals surface area (Å²) in [5.41, 5.74) is 0. The number of esters is 1. The van der Waals surface area contributed by atoms with Gasteiger partial charge in [0.25, 0.3) is 0 Å². The maximum atomic E-state index is 12.6. The van der Waals surface area contributed by atoms with Gasteiger partial charge in [-0.05, 0) is 77.0 Å². The molecule has 0 aromatic rings. The molecule has 0 heterocycles. The van der Waals surface area contributed by atoms with Crippen LogP contribution in [0.1, 0.15) is 463 Å². The molecule has 6 heteroatoms. The lowest BCUT2D eigenvalue weighted by atomic mass is 10.0. The first-order chi connectivity index (χ1) is 44.5. The lowest BCUT2D eigenvalue weighted by Crippen LogP contribution is -2.45. The fourth-order valence-electron chi connectivity index (χ4n) is 13.1. The molecule has 0 saturated carbocycles. The number of nitrogens with one attached hydrogen (secondary N) is 1. The topological polar surface area (TPSA) is 95.9 Å². The van der Waals surface area contributed by atoms with Gasteiger partial charge < -0.3 is 20.3 Å². The Morgan fingerprint density at radius 2 is 0.567 bits per heavy atom. The fraction of sp³-hybridized carbons (Fsp3) is 0.905. The summed E-state index contributed by atoms with van der Waals surface area (Å²) in [5.74, 6) is -0.0181. The van der Waals surface area contributed by atoms with Crippen LogP contribution in [0.25, 0.3) is 0 Å². The molecule has 0 rings (SSSR count). The highest BCUT2D eigenvalue weighted by molar-refractivity contribution is 5.76. The molecular formula is C84H161NO5. The number of aliphatic hydroxyl groups is 2. The predicted octanol–water partition coefficient (Wildman–Crippen LogP) is 27.4. The summed E-state index contributed by atoms with van der Waals surface area (Å²) in [5, 5.41) is 23.5. The van der Waals surface area contributed by atoms with E-state index in [0.717, 1.165) is 51.4 Å². The highest BCUT2D eigenvalue weighted by Gasteiger charge is 2.20. The summed E-state index contributed by atoms with van der Waals surface area (Å²) in [6.07, 6.45) is 104. The van der Waals surface area contributed by atoms with Crippen LogP contribution < -0.4 is 5.32 Å². The minimum absolute atomic E-state index is 0.00742. The van der Waals surface area contributed by atoms with Crippen molar-refractivity contribution in [2.75, 3.05) is 13.2 Å². The summed E-state index contributed by atoms with van der Waals surface area (Å²) in [6, 6.07) is -0.540. The molecule has 0 aromatic carbocycles. The summed E-state index contributed by atoms with van der Waals surface area (Å²) < 4.78 is 5.49. The van der Waals surface area contributed by atoms with Crippen molar-refractivity contribution in [1.29, 1.82) is 0 Å². The molecule has 0 radical (unpaired) electrons. The second-order valence-electron chi connectivity index (χ2n) is 28.5. The van der Waals surface area contributed by atoms with Crippen LogP contribution in [-0.4, -0.2) is 47.4 Å². The van der Waals surface area contributed by atoms with Gasteiger partial charge >= 0.3 is 5.97 Å². The molecule has 2 unspecified atom stereocenters. The Balaban J connectivity index is 3.34. The molecule has 0 aliphatic rings. The summed E-state index contributed by atoms with van der Waals surface area (Å²) >= 11 is 0. The second kappa shape index (κ2) is 79.5. The van der Waals surface area contributed by atoms with Gasteiger partial charge in [0.1, 0.15) is 0 Å². The van der Waals surface area contributed by atoms with Crippen LogP contribution in [0.5, 0.6) is 0 Å². The maximum Gasteiger partial charge on any atom is 0.305 e. The van der Waals surface area contributed by atoms with Gasteiger partial charge in [-0.15, -0.1) is 0 Å². The van der Waals surface area contributed by atoms with E-state index in [-0.39, 0.29) is 18.5 Å². The molecule has 0 aromatic heterocycles. The number of carbonyl (C=O) groups is 2. The average Bonchev–Trinajstić information content (AvgIpc) is 3.68. The number of amides is 1. The van der Waals surface area contributed by atoms with Gasteiger partial charge in [-0.25, -0.2) is 0 Å². The van der Waals surface area contributed by atoms with Gasteiger partial charge in [-0.3, -0.25) is 9.59 Å². The van der Waals surface area contributed by atoms with Gasteiger partial charge in [0.2, 0.25) is 5.91 Å². The minimum atomic E-state index is -0.663. The third-order valence-electron chi connectivity index (χ3n) is 19.4. The minimum Gasteiger partial charge on any atom is -0.466 e. The number of rotatable bonds is 78. The van der Waals surface area contributed by atoms with Crippen LogP contribution in [0, 0.1) is 0 Å². The zero-order valence-corrected chi connectivity index (χ0v) is 61.1. The number of ether oxygens (including phenoxy) is 1. The lowest BCUT2D eigenvalue weighted by Gasteiger charge is -2.22. The Morgan fingerprint density at radius 1 is 0.311 bits per heavy atom. The Hall–Kier alpha value is -1.92. The zero-order valence-electron chi connectivity index (χ0n) is 61.1. The normalized spacial score (nSPS) is 12.6. The standard InChI is InChI=1S/C84H161NO5/c1-3-5-7-9-11-13-15-17-19-20-21-22-40-43-46-49-52-56-60-64-68-72-76-82(87)81(80-86)85-83(88)77-73-69-65-61-57-53-50-47-44-41-38-36-34-32-30-28-26-24-23-25-27-29-31-33-35-37-39-42-45-48-51-55-59-63-67-71-75-79-90-84(89)78-74-70-66-62-58-54-18-16-14-12-10-8-6-4-2/h10,12,16,18,23,25,81-82,86-87H,3-9,11,13-15,17,19-22,24,26-80H2,1-2H3,(H,85,88)/b12-10-,18-16-,25-23-. The SMILES string of the molecule is CCCC/C=C\C/C=C\CCCCCCCC(=O)OCCCCCCCCCCCCCCCCCC/C=C\CCCCCCCCCCCCCCCCCCCC(=O)NC(CO)C(O)CCCCCCCCCCCCCCCCCCCCCCCC. The average molecular weight is 1270 g/mol. The Kier molecular flexibility index (Phi) is 77.8. The monoisotopic (exact) mass is 1260 g/mol. The van der Waals surface area contributed by atoms with Crippen LogP contribution in [0.3, 0.4) is 0 Å². The van der Waals surface area contributed by atoms with Crippen LogP contribution >= 0.6 is 0 Å². The summed E-state index contributed by atoms with van der Waals surface area (Å²) in [4.78, 5) is 24.6. The molecule has 0 fully saturated rings. The van der Waals surface area contributed by atoms with Crippen molar-refractivity contribution < 1.29 is 24.5 Å². The zero-order chi connectivity index (χ0) is 64.9. The molecule has 0 bridgehead atoms. The molecule has 0 spiro atoms. The van der Waals surface area contributed by atoms with Crippen molar-refractivity contribution in [1.82, 2.24) is 5.32 Å². The van der Waals surface area contributed by atoms with E-state index in [1.165, 1.54) is 379 Å². The lowest BCUT2D eigenvalue weighted by molar-refractivity contribution is -0.143. The molecule has 0 aliphatic carbocycles. The number of carbonyl (C=O) groups excluding carboxylic acids is 2. The molecule has 1 amide bonds. The number of aliphatic hydroxyl groups excluding tert-OH is 2.